The molecule has 3 rings (SSSR count). The molecule has 1 aromatic heterocycles. The van der Waals surface area contributed by atoms with Gasteiger partial charge in [-0.25, -0.2) is 0 Å². The van der Waals surface area contributed by atoms with Crippen molar-refractivity contribution in [1.29, 1.82) is 0 Å². The lowest BCUT2D eigenvalue weighted by Crippen LogP contribution is -1.94. The molecule has 1 aliphatic carbocycles. The van der Waals surface area contributed by atoms with Crippen molar-refractivity contribution in [3.05, 3.63) is 29.0 Å². The highest BCUT2D eigenvalue weighted by Gasteiger charge is 2.22. The van der Waals surface area contributed by atoms with E-state index in [2.05, 4.69) is 10.1 Å². The summed E-state index contributed by atoms with van der Waals surface area (Å²) in [5.41, 5.74) is 7.10. The fourth-order valence-electron chi connectivity index (χ4n) is 2.38. The number of hydrogen-bond acceptors (Lipinski definition) is 4. The smallest absolute Gasteiger partial charge is 0.258 e. The van der Waals surface area contributed by atoms with E-state index < -0.39 is 0 Å². The van der Waals surface area contributed by atoms with Crippen LogP contribution in [0.25, 0.3) is 11.5 Å². The summed E-state index contributed by atoms with van der Waals surface area (Å²) >= 11 is 5.89. The predicted molar refractivity (Wildman–Crippen MR) is 70.4 cm³/mol. The fourth-order valence-corrected chi connectivity index (χ4v) is 2.50. The average Bonchev–Trinajstić information content (AvgIpc) is 3.01. The van der Waals surface area contributed by atoms with Gasteiger partial charge in [-0.3, -0.25) is 0 Å². The maximum absolute atomic E-state index is 5.89. The number of benzene rings is 1. The largest absolute Gasteiger partial charge is 0.398 e. The van der Waals surface area contributed by atoms with E-state index in [0.717, 1.165) is 24.2 Å². The van der Waals surface area contributed by atoms with Crippen molar-refractivity contribution in [1.82, 2.24) is 10.1 Å². The maximum atomic E-state index is 5.89. The summed E-state index contributed by atoms with van der Waals surface area (Å²) in [6, 6.07) is 5.34. The maximum Gasteiger partial charge on any atom is 0.258 e. The molecule has 94 valence electrons. The van der Waals surface area contributed by atoms with E-state index in [-0.39, 0.29) is 0 Å². The number of halogens is 1. The van der Waals surface area contributed by atoms with Crippen molar-refractivity contribution in [2.45, 2.75) is 31.6 Å². The molecular weight excluding hydrogens is 250 g/mol. The van der Waals surface area contributed by atoms with Crippen LogP contribution in [0.2, 0.25) is 5.02 Å². The van der Waals surface area contributed by atoms with Gasteiger partial charge >= 0.3 is 0 Å². The Labute approximate surface area is 110 Å². The molecule has 0 unspecified atom stereocenters. The minimum Gasteiger partial charge on any atom is -0.398 e. The second kappa shape index (κ2) is 4.61. The molecule has 1 aromatic carbocycles. The van der Waals surface area contributed by atoms with Gasteiger partial charge in [-0.2, -0.15) is 4.98 Å². The number of nitrogen functional groups attached to an aromatic ring is 1. The van der Waals surface area contributed by atoms with Gasteiger partial charge in [0.15, 0.2) is 5.82 Å². The third-order valence-electron chi connectivity index (χ3n) is 3.41. The SMILES string of the molecule is Nc1cc(-c2nc(C3CCCC3)no2)ccc1Cl. The first-order chi connectivity index (χ1) is 8.74. The molecular formula is C13H14ClN3O. The monoisotopic (exact) mass is 263 g/mol. The van der Waals surface area contributed by atoms with E-state index in [1.807, 2.05) is 6.07 Å². The Bertz CT molecular complexity index is 561. The Morgan fingerprint density at radius 2 is 2.06 bits per heavy atom. The van der Waals surface area contributed by atoms with Crippen molar-refractivity contribution in [2.24, 2.45) is 0 Å². The first-order valence-electron chi connectivity index (χ1n) is 6.13. The number of rotatable bonds is 2. The Balaban J connectivity index is 1.89. The second-order valence-corrected chi connectivity index (χ2v) is 5.08. The van der Waals surface area contributed by atoms with Crippen LogP contribution in [0.15, 0.2) is 22.7 Å². The average molecular weight is 264 g/mol. The minimum absolute atomic E-state index is 0.451. The van der Waals surface area contributed by atoms with Crippen molar-refractivity contribution in [2.75, 3.05) is 5.73 Å². The first kappa shape index (κ1) is 11.5. The lowest BCUT2D eigenvalue weighted by atomic mass is 10.1. The molecule has 5 heteroatoms. The van der Waals surface area contributed by atoms with Gasteiger partial charge in [-0.1, -0.05) is 29.6 Å². The Kier molecular flexibility index (Phi) is 2.96. The highest BCUT2D eigenvalue weighted by Crippen LogP contribution is 2.33. The van der Waals surface area contributed by atoms with Gasteiger partial charge in [0.1, 0.15) is 0 Å². The van der Waals surface area contributed by atoms with Gasteiger partial charge in [0.25, 0.3) is 5.89 Å². The zero-order valence-electron chi connectivity index (χ0n) is 9.90. The molecule has 4 nitrogen and oxygen atoms in total. The van der Waals surface area contributed by atoms with Gasteiger partial charge in [-0.05, 0) is 31.0 Å². The summed E-state index contributed by atoms with van der Waals surface area (Å²) in [4.78, 5) is 4.46. The van der Waals surface area contributed by atoms with E-state index >= 15 is 0 Å². The van der Waals surface area contributed by atoms with Crippen molar-refractivity contribution in [3.8, 4) is 11.5 Å². The molecule has 2 N–H and O–H groups in total. The Hall–Kier alpha value is -1.55. The summed E-state index contributed by atoms with van der Waals surface area (Å²) in [6.07, 6.45) is 4.81. The summed E-state index contributed by atoms with van der Waals surface area (Å²) in [5.74, 6) is 1.78. The minimum atomic E-state index is 0.451. The van der Waals surface area contributed by atoms with Gasteiger partial charge in [0.2, 0.25) is 0 Å². The number of nitrogens with zero attached hydrogens (tertiary/aromatic N) is 2. The van der Waals surface area contributed by atoms with E-state index in [4.69, 9.17) is 21.9 Å². The van der Waals surface area contributed by atoms with Crippen molar-refractivity contribution < 1.29 is 4.52 Å². The van der Waals surface area contributed by atoms with E-state index in [1.54, 1.807) is 12.1 Å². The van der Waals surface area contributed by atoms with Crippen LogP contribution in [0.4, 0.5) is 5.69 Å². The topological polar surface area (TPSA) is 64.9 Å². The zero-order valence-corrected chi connectivity index (χ0v) is 10.7. The lowest BCUT2D eigenvalue weighted by molar-refractivity contribution is 0.416. The fraction of sp³-hybridized carbons (Fsp3) is 0.385. The number of aromatic nitrogens is 2. The van der Waals surface area contributed by atoms with Crippen LogP contribution >= 0.6 is 11.6 Å². The lowest BCUT2D eigenvalue weighted by Gasteiger charge is -2.00. The Morgan fingerprint density at radius 1 is 1.28 bits per heavy atom. The molecule has 1 aliphatic rings. The van der Waals surface area contributed by atoms with Crippen LogP contribution in [0.1, 0.15) is 37.4 Å². The Morgan fingerprint density at radius 3 is 2.78 bits per heavy atom. The molecule has 1 heterocycles. The van der Waals surface area contributed by atoms with Gasteiger partial charge in [0.05, 0.1) is 10.7 Å². The van der Waals surface area contributed by atoms with Crippen LogP contribution in [0.3, 0.4) is 0 Å². The van der Waals surface area contributed by atoms with Crippen molar-refractivity contribution in [3.63, 3.8) is 0 Å². The quantitative estimate of drug-likeness (QED) is 0.841. The van der Waals surface area contributed by atoms with E-state index in [0.29, 0.717) is 22.5 Å². The van der Waals surface area contributed by atoms with E-state index in [1.165, 1.54) is 12.8 Å². The second-order valence-electron chi connectivity index (χ2n) is 4.68. The molecule has 0 radical (unpaired) electrons. The third-order valence-corrected chi connectivity index (χ3v) is 3.75. The zero-order chi connectivity index (χ0) is 12.5. The molecule has 18 heavy (non-hydrogen) atoms. The summed E-state index contributed by atoms with van der Waals surface area (Å²) in [7, 11) is 0. The number of anilines is 1. The molecule has 2 aromatic rings. The number of hydrogen-bond donors (Lipinski definition) is 1. The summed E-state index contributed by atoms with van der Waals surface area (Å²) in [6.45, 7) is 0. The normalized spacial score (nSPS) is 16.3. The van der Waals surface area contributed by atoms with Gasteiger partial charge < -0.3 is 10.3 Å². The van der Waals surface area contributed by atoms with Crippen LogP contribution < -0.4 is 5.73 Å². The highest BCUT2D eigenvalue weighted by molar-refractivity contribution is 6.33. The highest BCUT2D eigenvalue weighted by atomic mass is 35.5. The van der Waals surface area contributed by atoms with E-state index in [9.17, 15) is 0 Å². The van der Waals surface area contributed by atoms with Crippen LogP contribution in [0.5, 0.6) is 0 Å². The van der Waals surface area contributed by atoms with Crippen LogP contribution in [-0.2, 0) is 0 Å². The first-order valence-corrected chi connectivity index (χ1v) is 6.51. The molecule has 1 fully saturated rings. The molecule has 0 amide bonds. The standard InChI is InChI=1S/C13H14ClN3O/c14-10-6-5-9(7-11(10)15)13-16-12(17-18-13)8-3-1-2-4-8/h5-8H,1-4,15H2. The van der Waals surface area contributed by atoms with Crippen LogP contribution in [0, 0.1) is 0 Å². The summed E-state index contributed by atoms with van der Waals surface area (Å²) in [5, 5.41) is 4.60. The summed E-state index contributed by atoms with van der Waals surface area (Å²) < 4.78 is 5.30. The molecule has 0 aliphatic heterocycles. The molecule has 1 saturated carbocycles. The third kappa shape index (κ3) is 2.08. The molecule has 0 atom stereocenters. The molecule has 0 bridgehead atoms. The number of nitrogens with two attached hydrogens (primary N) is 1. The molecule has 0 saturated heterocycles. The molecule has 0 spiro atoms. The van der Waals surface area contributed by atoms with Crippen LogP contribution in [-0.4, -0.2) is 10.1 Å². The van der Waals surface area contributed by atoms with Gasteiger partial charge in [0, 0.05) is 11.5 Å². The van der Waals surface area contributed by atoms with Crippen molar-refractivity contribution >= 4 is 17.3 Å². The van der Waals surface area contributed by atoms with Gasteiger partial charge in [-0.15, -0.1) is 0 Å². The predicted octanol–water partition coefficient (Wildman–Crippen LogP) is 3.63.